The van der Waals surface area contributed by atoms with Gasteiger partial charge in [-0.25, -0.2) is 4.79 Å². The van der Waals surface area contributed by atoms with Gasteiger partial charge in [-0.15, -0.1) is 0 Å². The van der Waals surface area contributed by atoms with Crippen LogP contribution < -0.4 is 10.2 Å². The fraction of sp³-hybridized carbons (Fsp3) is 0.381. The number of nitrogens with one attached hydrogen (secondary N) is 1. The molecule has 5 nitrogen and oxygen atoms in total. The summed E-state index contributed by atoms with van der Waals surface area (Å²) in [6.07, 6.45) is 0. The quantitative estimate of drug-likeness (QED) is 0.830. The van der Waals surface area contributed by atoms with Gasteiger partial charge in [-0.1, -0.05) is 36.4 Å². The van der Waals surface area contributed by atoms with E-state index in [-0.39, 0.29) is 6.03 Å². The number of benzene rings is 2. The highest BCUT2D eigenvalue weighted by molar-refractivity contribution is 5.73. The number of rotatable bonds is 7. The molecule has 0 aliphatic rings. The van der Waals surface area contributed by atoms with Crippen molar-refractivity contribution in [3.05, 3.63) is 65.2 Å². The lowest BCUT2D eigenvalue weighted by atomic mass is 10.1. The molecule has 2 aromatic carbocycles. The summed E-state index contributed by atoms with van der Waals surface area (Å²) in [6, 6.07) is 16.5. The molecule has 0 aliphatic carbocycles. The third kappa shape index (κ3) is 6.08. The van der Waals surface area contributed by atoms with Gasteiger partial charge in [-0.2, -0.15) is 0 Å². The minimum Gasteiger partial charge on any atom is -0.378 e. The number of hydrogen-bond acceptors (Lipinski definition) is 3. The van der Waals surface area contributed by atoms with Gasteiger partial charge < -0.3 is 20.0 Å². The highest BCUT2D eigenvalue weighted by atomic mass is 16.2. The van der Waals surface area contributed by atoms with E-state index in [1.54, 1.807) is 4.90 Å². The van der Waals surface area contributed by atoms with Crippen molar-refractivity contribution in [2.45, 2.75) is 19.6 Å². The maximum absolute atomic E-state index is 12.3. The standard InChI is InChI=1S/C21H30N4O/c1-23(2)15-18-8-6-17(7-9-18)14-22-21(26)25(5)16-19-10-12-20(13-11-19)24(3)4/h6-13H,14-16H2,1-5H3,(H,22,26). The van der Waals surface area contributed by atoms with Crippen LogP contribution in [0, 0.1) is 0 Å². The highest BCUT2D eigenvalue weighted by Gasteiger charge is 2.09. The van der Waals surface area contributed by atoms with Gasteiger partial charge in [0.2, 0.25) is 0 Å². The molecule has 26 heavy (non-hydrogen) atoms. The molecule has 0 fully saturated rings. The van der Waals surface area contributed by atoms with E-state index in [1.807, 2.05) is 21.1 Å². The molecular formula is C21H30N4O. The minimum absolute atomic E-state index is 0.0703. The average molecular weight is 354 g/mol. The maximum Gasteiger partial charge on any atom is 0.317 e. The maximum atomic E-state index is 12.3. The van der Waals surface area contributed by atoms with E-state index in [4.69, 9.17) is 0 Å². The fourth-order valence-electron chi connectivity index (χ4n) is 2.69. The zero-order valence-electron chi connectivity index (χ0n) is 16.5. The number of carbonyl (C=O) groups is 1. The molecule has 0 saturated heterocycles. The van der Waals surface area contributed by atoms with E-state index >= 15 is 0 Å². The van der Waals surface area contributed by atoms with Crippen LogP contribution in [0.2, 0.25) is 0 Å². The van der Waals surface area contributed by atoms with Crippen LogP contribution in [0.4, 0.5) is 10.5 Å². The van der Waals surface area contributed by atoms with E-state index in [0.717, 1.165) is 23.4 Å². The fourth-order valence-corrected chi connectivity index (χ4v) is 2.69. The SMILES string of the molecule is CN(C)Cc1ccc(CNC(=O)N(C)Cc2ccc(N(C)C)cc2)cc1. The van der Waals surface area contributed by atoms with Crippen molar-refractivity contribution in [1.82, 2.24) is 15.1 Å². The number of carbonyl (C=O) groups excluding carboxylic acids is 1. The van der Waals surface area contributed by atoms with Crippen LogP contribution in [0.5, 0.6) is 0 Å². The Balaban J connectivity index is 1.83. The molecule has 2 amide bonds. The normalized spacial score (nSPS) is 10.7. The van der Waals surface area contributed by atoms with Crippen LogP contribution in [-0.4, -0.2) is 51.1 Å². The summed E-state index contributed by atoms with van der Waals surface area (Å²) in [7, 11) is 9.95. The van der Waals surface area contributed by atoms with E-state index in [9.17, 15) is 4.79 Å². The zero-order valence-corrected chi connectivity index (χ0v) is 16.5. The van der Waals surface area contributed by atoms with Gasteiger partial charge in [-0.3, -0.25) is 0 Å². The smallest absolute Gasteiger partial charge is 0.317 e. The Morgan fingerprint density at radius 2 is 1.27 bits per heavy atom. The van der Waals surface area contributed by atoms with Gasteiger partial charge in [0.15, 0.2) is 0 Å². The number of amides is 2. The first kappa shape index (κ1) is 19.8. The number of anilines is 1. The monoisotopic (exact) mass is 354 g/mol. The van der Waals surface area contributed by atoms with Crippen LogP contribution in [0.3, 0.4) is 0 Å². The molecular weight excluding hydrogens is 324 g/mol. The Labute approximate surface area is 157 Å². The molecule has 1 N–H and O–H groups in total. The third-order valence-electron chi connectivity index (χ3n) is 4.18. The largest absolute Gasteiger partial charge is 0.378 e. The molecule has 0 aromatic heterocycles. The first-order valence-corrected chi connectivity index (χ1v) is 8.83. The molecule has 0 aliphatic heterocycles. The van der Waals surface area contributed by atoms with Gasteiger partial charge in [0.05, 0.1) is 0 Å². The molecule has 5 heteroatoms. The van der Waals surface area contributed by atoms with Crippen molar-refractivity contribution in [3.8, 4) is 0 Å². The Hall–Kier alpha value is -2.53. The lowest BCUT2D eigenvalue weighted by Crippen LogP contribution is -2.36. The zero-order chi connectivity index (χ0) is 19.1. The van der Waals surface area contributed by atoms with Crippen molar-refractivity contribution in [3.63, 3.8) is 0 Å². The molecule has 0 bridgehead atoms. The summed E-state index contributed by atoms with van der Waals surface area (Å²) in [5.74, 6) is 0. The van der Waals surface area contributed by atoms with Crippen molar-refractivity contribution < 1.29 is 4.79 Å². The van der Waals surface area contributed by atoms with Crippen LogP contribution >= 0.6 is 0 Å². The first-order chi connectivity index (χ1) is 12.3. The summed E-state index contributed by atoms with van der Waals surface area (Å²) >= 11 is 0. The van der Waals surface area contributed by atoms with E-state index in [1.165, 1.54) is 5.56 Å². The summed E-state index contributed by atoms with van der Waals surface area (Å²) in [6.45, 7) is 2.04. The predicted molar refractivity (Wildman–Crippen MR) is 108 cm³/mol. The summed E-state index contributed by atoms with van der Waals surface area (Å²) in [4.78, 5) is 18.2. The van der Waals surface area contributed by atoms with Crippen molar-refractivity contribution in [2.75, 3.05) is 40.1 Å². The lowest BCUT2D eigenvalue weighted by Gasteiger charge is -2.19. The lowest BCUT2D eigenvalue weighted by molar-refractivity contribution is 0.206. The van der Waals surface area contributed by atoms with Crippen molar-refractivity contribution in [2.24, 2.45) is 0 Å². The molecule has 140 valence electrons. The number of nitrogens with zero attached hydrogens (tertiary/aromatic N) is 3. The highest BCUT2D eigenvalue weighted by Crippen LogP contribution is 2.13. The van der Waals surface area contributed by atoms with Crippen molar-refractivity contribution >= 4 is 11.7 Å². The molecule has 2 aromatic rings. The second-order valence-electron chi connectivity index (χ2n) is 7.13. The van der Waals surface area contributed by atoms with Gasteiger partial charge in [-0.05, 0) is 42.9 Å². The Kier molecular flexibility index (Phi) is 7.04. The van der Waals surface area contributed by atoms with Gasteiger partial charge in [0.25, 0.3) is 0 Å². The number of urea groups is 1. The summed E-state index contributed by atoms with van der Waals surface area (Å²) in [5.41, 5.74) is 4.63. The van der Waals surface area contributed by atoms with Crippen LogP contribution in [0.1, 0.15) is 16.7 Å². The molecule has 2 rings (SSSR count). The van der Waals surface area contributed by atoms with Gasteiger partial charge in [0.1, 0.15) is 0 Å². The second-order valence-corrected chi connectivity index (χ2v) is 7.13. The predicted octanol–water partition coefficient (Wildman–Crippen LogP) is 3.16. The van der Waals surface area contributed by atoms with Crippen LogP contribution in [0.25, 0.3) is 0 Å². The molecule has 0 spiro atoms. The van der Waals surface area contributed by atoms with E-state index < -0.39 is 0 Å². The topological polar surface area (TPSA) is 38.8 Å². The molecule has 0 heterocycles. The minimum atomic E-state index is -0.0703. The van der Waals surface area contributed by atoms with Gasteiger partial charge in [0, 0.05) is 46.5 Å². The Bertz CT molecular complexity index is 693. The molecule has 0 saturated carbocycles. The summed E-state index contributed by atoms with van der Waals surface area (Å²) in [5, 5.41) is 2.98. The van der Waals surface area contributed by atoms with E-state index in [0.29, 0.717) is 13.1 Å². The Morgan fingerprint density at radius 1 is 0.769 bits per heavy atom. The van der Waals surface area contributed by atoms with Crippen LogP contribution in [-0.2, 0) is 19.6 Å². The first-order valence-electron chi connectivity index (χ1n) is 8.83. The molecule has 0 radical (unpaired) electrons. The summed E-state index contributed by atoms with van der Waals surface area (Å²) < 4.78 is 0. The Morgan fingerprint density at radius 3 is 1.81 bits per heavy atom. The second kappa shape index (κ2) is 9.25. The average Bonchev–Trinajstić information content (AvgIpc) is 2.60. The van der Waals surface area contributed by atoms with Crippen molar-refractivity contribution in [1.29, 1.82) is 0 Å². The molecule has 0 unspecified atom stereocenters. The number of hydrogen-bond donors (Lipinski definition) is 1. The van der Waals surface area contributed by atoms with E-state index in [2.05, 4.69) is 77.7 Å². The molecule has 0 atom stereocenters. The van der Waals surface area contributed by atoms with Crippen LogP contribution in [0.15, 0.2) is 48.5 Å². The van der Waals surface area contributed by atoms with Gasteiger partial charge >= 0.3 is 6.03 Å². The third-order valence-corrected chi connectivity index (χ3v) is 4.18.